The Labute approximate surface area is 95.9 Å². The second-order valence-corrected chi connectivity index (χ2v) is 4.89. The van der Waals surface area contributed by atoms with Crippen LogP contribution in [0.1, 0.15) is 13.3 Å². The van der Waals surface area contributed by atoms with Crippen LogP contribution in [0.5, 0.6) is 0 Å². The third-order valence-electron chi connectivity index (χ3n) is 3.43. The molecule has 1 amide bonds. The minimum atomic E-state index is -0.196. The Morgan fingerprint density at radius 1 is 1.38 bits per heavy atom. The van der Waals surface area contributed by atoms with Gasteiger partial charge in [-0.15, -0.1) is 0 Å². The van der Waals surface area contributed by atoms with Crippen molar-refractivity contribution in [3.8, 4) is 0 Å². The zero-order valence-corrected chi connectivity index (χ0v) is 9.91. The molecule has 2 rings (SSSR count). The van der Waals surface area contributed by atoms with Crippen molar-refractivity contribution in [3.05, 3.63) is 0 Å². The number of likely N-dealkylation sites (N-methyl/N-ethyl adjacent to an activating group) is 1. The molecule has 0 aromatic carbocycles. The molecule has 0 bridgehead atoms. The maximum atomic E-state index is 12.1. The van der Waals surface area contributed by atoms with Gasteiger partial charge in [0.1, 0.15) is 0 Å². The average molecular weight is 228 g/mol. The van der Waals surface area contributed by atoms with Crippen LogP contribution >= 0.6 is 0 Å². The minimum absolute atomic E-state index is 0.0739. The van der Waals surface area contributed by atoms with Crippen LogP contribution in [-0.2, 0) is 14.3 Å². The number of nitrogens with one attached hydrogen (secondary N) is 2. The molecular weight excluding hydrogens is 208 g/mol. The number of carbonyl (C=O) groups excluding carboxylic acids is 1. The van der Waals surface area contributed by atoms with Gasteiger partial charge in [-0.1, -0.05) is 0 Å². The van der Waals surface area contributed by atoms with Crippen molar-refractivity contribution in [1.29, 1.82) is 0 Å². The van der Waals surface area contributed by atoms with E-state index in [0.717, 1.165) is 13.0 Å². The lowest BCUT2D eigenvalue weighted by atomic mass is 9.97. The van der Waals surface area contributed by atoms with Gasteiger partial charge < -0.3 is 20.1 Å². The standard InChI is InChI=1S/C11H20N2O3/c1-11(3-4-15-7-11)13-10(14)8-5-16-6-9(8)12-2/h8-9,12H,3-7H2,1-2H3,(H,13,14). The first kappa shape index (κ1) is 11.8. The van der Waals surface area contributed by atoms with Gasteiger partial charge in [-0.25, -0.2) is 0 Å². The zero-order chi connectivity index (χ0) is 11.6. The maximum Gasteiger partial charge on any atom is 0.227 e. The van der Waals surface area contributed by atoms with E-state index in [1.54, 1.807) is 0 Å². The van der Waals surface area contributed by atoms with E-state index in [2.05, 4.69) is 10.6 Å². The fourth-order valence-electron chi connectivity index (χ4n) is 2.25. The average Bonchev–Trinajstić information content (AvgIpc) is 2.85. The molecule has 0 aromatic heterocycles. The summed E-state index contributed by atoms with van der Waals surface area (Å²) in [6.45, 7) is 4.49. The predicted octanol–water partition coefficient (Wildman–Crippen LogP) is -0.484. The molecule has 0 spiro atoms. The molecule has 5 heteroatoms. The van der Waals surface area contributed by atoms with E-state index in [-0.39, 0.29) is 23.4 Å². The minimum Gasteiger partial charge on any atom is -0.379 e. The number of ether oxygens (including phenoxy) is 2. The van der Waals surface area contributed by atoms with Gasteiger partial charge in [0, 0.05) is 12.6 Å². The van der Waals surface area contributed by atoms with Crippen LogP contribution in [0.2, 0.25) is 0 Å². The van der Waals surface area contributed by atoms with Gasteiger partial charge in [-0.2, -0.15) is 0 Å². The summed E-state index contributed by atoms with van der Waals surface area (Å²) in [5, 5.41) is 6.19. The highest BCUT2D eigenvalue weighted by Gasteiger charge is 2.38. The second kappa shape index (κ2) is 4.69. The third-order valence-corrected chi connectivity index (χ3v) is 3.43. The molecule has 0 radical (unpaired) electrons. The summed E-state index contributed by atoms with van der Waals surface area (Å²) in [6, 6.07) is 0.130. The highest BCUT2D eigenvalue weighted by atomic mass is 16.5. The first-order valence-electron chi connectivity index (χ1n) is 5.79. The monoisotopic (exact) mass is 228 g/mol. The lowest BCUT2D eigenvalue weighted by Gasteiger charge is -2.26. The Hall–Kier alpha value is -0.650. The smallest absolute Gasteiger partial charge is 0.227 e. The van der Waals surface area contributed by atoms with Crippen molar-refractivity contribution in [2.75, 3.05) is 33.5 Å². The second-order valence-electron chi connectivity index (χ2n) is 4.89. The lowest BCUT2D eigenvalue weighted by molar-refractivity contribution is -0.127. The molecule has 2 N–H and O–H groups in total. The summed E-state index contributed by atoms with van der Waals surface area (Å²) in [5.41, 5.74) is -0.196. The summed E-state index contributed by atoms with van der Waals surface area (Å²) in [5.74, 6) is -0.00715. The van der Waals surface area contributed by atoms with Crippen LogP contribution < -0.4 is 10.6 Å². The quantitative estimate of drug-likeness (QED) is 0.685. The van der Waals surface area contributed by atoms with E-state index < -0.39 is 0 Å². The molecule has 0 saturated carbocycles. The van der Waals surface area contributed by atoms with Gasteiger partial charge in [-0.05, 0) is 20.4 Å². The molecule has 92 valence electrons. The molecule has 2 aliphatic heterocycles. The third kappa shape index (κ3) is 2.36. The van der Waals surface area contributed by atoms with Gasteiger partial charge in [0.15, 0.2) is 0 Å². The number of carbonyl (C=O) groups is 1. The number of amides is 1. The van der Waals surface area contributed by atoms with Crippen LogP contribution in [0.4, 0.5) is 0 Å². The summed E-state index contributed by atoms with van der Waals surface area (Å²) in [7, 11) is 1.86. The molecular formula is C11H20N2O3. The van der Waals surface area contributed by atoms with E-state index in [1.165, 1.54) is 0 Å². The normalized spacial score (nSPS) is 38.9. The van der Waals surface area contributed by atoms with Crippen molar-refractivity contribution in [2.24, 2.45) is 5.92 Å². The van der Waals surface area contributed by atoms with Gasteiger partial charge in [-0.3, -0.25) is 4.79 Å². The Morgan fingerprint density at radius 3 is 2.81 bits per heavy atom. The van der Waals surface area contributed by atoms with E-state index in [0.29, 0.717) is 19.8 Å². The summed E-state index contributed by atoms with van der Waals surface area (Å²) < 4.78 is 10.6. The summed E-state index contributed by atoms with van der Waals surface area (Å²) in [6.07, 6.45) is 0.885. The van der Waals surface area contributed by atoms with E-state index in [1.807, 2.05) is 14.0 Å². The zero-order valence-electron chi connectivity index (χ0n) is 9.91. The highest BCUT2D eigenvalue weighted by molar-refractivity contribution is 5.80. The summed E-state index contributed by atoms with van der Waals surface area (Å²) in [4.78, 5) is 12.1. The summed E-state index contributed by atoms with van der Waals surface area (Å²) >= 11 is 0. The highest BCUT2D eigenvalue weighted by Crippen LogP contribution is 2.20. The van der Waals surface area contributed by atoms with E-state index in [4.69, 9.17) is 9.47 Å². The molecule has 0 aromatic rings. The van der Waals surface area contributed by atoms with Crippen LogP contribution in [0.25, 0.3) is 0 Å². The Balaban J connectivity index is 1.92. The van der Waals surface area contributed by atoms with Gasteiger partial charge >= 0.3 is 0 Å². The van der Waals surface area contributed by atoms with Crippen molar-refractivity contribution < 1.29 is 14.3 Å². The van der Waals surface area contributed by atoms with Gasteiger partial charge in [0.25, 0.3) is 0 Å². The predicted molar refractivity (Wildman–Crippen MR) is 59.1 cm³/mol. The molecule has 0 aliphatic carbocycles. The fraction of sp³-hybridized carbons (Fsp3) is 0.909. The van der Waals surface area contributed by atoms with Gasteiger partial charge in [0.05, 0.1) is 31.3 Å². The Kier molecular flexibility index (Phi) is 3.47. The molecule has 2 aliphatic rings. The number of hydrogen-bond acceptors (Lipinski definition) is 4. The van der Waals surface area contributed by atoms with E-state index in [9.17, 15) is 4.79 Å². The molecule has 2 heterocycles. The van der Waals surface area contributed by atoms with Crippen LogP contribution in [-0.4, -0.2) is 51.0 Å². The van der Waals surface area contributed by atoms with Crippen LogP contribution in [0.15, 0.2) is 0 Å². The molecule has 3 unspecified atom stereocenters. The maximum absolute atomic E-state index is 12.1. The molecule has 2 fully saturated rings. The van der Waals surface area contributed by atoms with Crippen molar-refractivity contribution in [1.82, 2.24) is 10.6 Å². The Bertz CT molecular complexity index is 264. The molecule has 3 atom stereocenters. The molecule has 16 heavy (non-hydrogen) atoms. The topological polar surface area (TPSA) is 59.6 Å². The van der Waals surface area contributed by atoms with Crippen LogP contribution in [0, 0.1) is 5.92 Å². The first-order valence-corrected chi connectivity index (χ1v) is 5.79. The first-order chi connectivity index (χ1) is 7.64. The van der Waals surface area contributed by atoms with Gasteiger partial charge in [0.2, 0.25) is 5.91 Å². The fourth-order valence-corrected chi connectivity index (χ4v) is 2.25. The van der Waals surface area contributed by atoms with E-state index >= 15 is 0 Å². The Morgan fingerprint density at radius 2 is 2.19 bits per heavy atom. The lowest BCUT2D eigenvalue weighted by Crippen LogP contribution is -2.52. The van der Waals surface area contributed by atoms with Crippen molar-refractivity contribution >= 4 is 5.91 Å². The number of rotatable bonds is 3. The number of hydrogen-bond donors (Lipinski definition) is 2. The van der Waals surface area contributed by atoms with Crippen molar-refractivity contribution in [3.63, 3.8) is 0 Å². The van der Waals surface area contributed by atoms with Crippen molar-refractivity contribution in [2.45, 2.75) is 24.9 Å². The molecule has 2 saturated heterocycles. The molecule has 5 nitrogen and oxygen atoms in total. The van der Waals surface area contributed by atoms with Crippen LogP contribution in [0.3, 0.4) is 0 Å². The SMILES string of the molecule is CNC1COCC1C(=O)NC1(C)CCOC1. The largest absolute Gasteiger partial charge is 0.379 e.